The molecule has 0 saturated heterocycles. The molecule has 0 bridgehead atoms. The van der Waals surface area contributed by atoms with Gasteiger partial charge in [-0.3, -0.25) is 4.79 Å². The van der Waals surface area contributed by atoms with Gasteiger partial charge in [-0.05, 0) is 40.5 Å². The van der Waals surface area contributed by atoms with Gasteiger partial charge in [0.05, 0.1) is 4.47 Å². The van der Waals surface area contributed by atoms with Gasteiger partial charge in [-0.25, -0.2) is 4.39 Å². The highest BCUT2D eigenvalue weighted by Crippen LogP contribution is 2.23. The van der Waals surface area contributed by atoms with Crippen LogP contribution in [0.3, 0.4) is 0 Å². The van der Waals surface area contributed by atoms with Crippen LogP contribution >= 0.6 is 15.9 Å². The van der Waals surface area contributed by atoms with Crippen molar-refractivity contribution in [1.29, 1.82) is 0 Å². The van der Waals surface area contributed by atoms with Crippen LogP contribution in [0.4, 0.5) is 10.1 Å². The second-order valence-electron chi connectivity index (χ2n) is 3.62. The zero-order valence-electron chi connectivity index (χ0n) is 9.46. The summed E-state index contributed by atoms with van der Waals surface area (Å²) >= 11 is 3.12. The fourth-order valence-corrected chi connectivity index (χ4v) is 1.80. The third-order valence-corrected chi connectivity index (χ3v) is 2.94. The third-order valence-electron chi connectivity index (χ3n) is 2.33. The molecule has 0 aliphatic rings. The normalized spacial score (nSPS) is 10.2. The Labute approximate surface area is 104 Å². The molecular formula is C12H15BrFNO. The molecule has 0 spiro atoms. The van der Waals surface area contributed by atoms with Crippen LogP contribution in [-0.4, -0.2) is 12.5 Å². The Balaban J connectivity index is 2.92. The Kier molecular flexibility index (Phi) is 4.93. The molecule has 0 aliphatic carbocycles. The minimum atomic E-state index is -0.317. The summed E-state index contributed by atoms with van der Waals surface area (Å²) in [7, 11) is 0. The van der Waals surface area contributed by atoms with E-state index in [1.807, 2.05) is 0 Å². The predicted molar refractivity (Wildman–Crippen MR) is 67.0 cm³/mol. The van der Waals surface area contributed by atoms with Crippen molar-refractivity contribution in [3.05, 3.63) is 28.5 Å². The summed E-state index contributed by atoms with van der Waals surface area (Å²) in [6.07, 6.45) is 1.96. The minimum Gasteiger partial charge on any atom is -0.313 e. The van der Waals surface area contributed by atoms with Crippen molar-refractivity contribution >= 4 is 27.5 Å². The smallest absolute Gasteiger partial charge is 0.223 e. The summed E-state index contributed by atoms with van der Waals surface area (Å²) in [6, 6.07) is 4.62. The van der Waals surface area contributed by atoms with Crippen molar-refractivity contribution in [3.63, 3.8) is 0 Å². The Morgan fingerprint density at radius 3 is 2.69 bits per heavy atom. The standard InChI is InChI=1S/C12H15BrFNO/c1-3-4-7-15(9(2)16)10-5-6-12(14)11(13)8-10/h5-6,8H,3-4,7H2,1-2H3. The SMILES string of the molecule is CCCCN(C(C)=O)c1ccc(F)c(Br)c1. The minimum absolute atomic E-state index is 0.0213. The number of amides is 1. The molecule has 1 aromatic carbocycles. The molecule has 0 N–H and O–H groups in total. The van der Waals surface area contributed by atoms with E-state index in [9.17, 15) is 9.18 Å². The first-order valence-corrected chi connectivity index (χ1v) is 6.08. The van der Waals surface area contributed by atoms with Crippen molar-refractivity contribution in [1.82, 2.24) is 0 Å². The summed E-state index contributed by atoms with van der Waals surface area (Å²) < 4.78 is 13.4. The fraction of sp³-hybridized carbons (Fsp3) is 0.417. The number of unbranched alkanes of at least 4 members (excludes halogenated alkanes) is 1. The van der Waals surface area contributed by atoms with Gasteiger partial charge < -0.3 is 4.90 Å². The highest BCUT2D eigenvalue weighted by molar-refractivity contribution is 9.10. The third kappa shape index (κ3) is 3.30. The molecule has 0 unspecified atom stereocenters. The van der Waals surface area contributed by atoms with Crippen LogP contribution in [0, 0.1) is 5.82 Å². The van der Waals surface area contributed by atoms with Crippen LogP contribution in [0.2, 0.25) is 0 Å². The van der Waals surface area contributed by atoms with Crippen molar-refractivity contribution in [2.75, 3.05) is 11.4 Å². The van der Waals surface area contributed by atoms with E-state index in [0.29, 0.717) is 11.0 Å². The molecule has 1 amide bonds. The number of rotatable bonds is 4. The first-order valence-electron chi connectivity index (χ1n) is 5.29. The Bertz CT molecular complexity index is 381. The van der Waals surface area contributed by atoms with E-state index in [-0.39, 0.29) is 11.7 Å². The number of anilines is 1. The van der Waals surface area contributed by atoms with Crippen molar-refractivity contribution in [2.45, 2.75) is 26.7 Å². The highest BCUT2D eigenvalue weighted by atomic mass is 79.9. The van der Waals surface area contributed by atoms with Crippen LogP contribution in [0.15, 0.2) is 22.7 Å². The Hall–Kier alpha value is -0.900. The monoisotopic (exact) mass is 287 g/mol. The lowest BCUT2D eigenvalue weighted by Crippen LogP contribution is -2.29. The summed E-state index contributed by atoms with van der Waals surface area (Å²) in [5.74, 6) is -0.338. The average molecular weight is 288 g/mol. The summed E-state index contributed by atoms with van der Waals surface area (Å²) in [5, 5.41) is 0. The van der Waals surface area contributed by atoms with Crippen LogP contribution in [0.5, 0.6) is 0 Å². The maximum absolute atomic E-state index is 13.1. The van der Waals surface area contributed by atoms with Crippen molar-refractivity contribution in [3.8, 4) is 0 Å². The predicted octanol–water partition coefficient (Wildman–Crippen LogP) is 3.74. The topological polar surface area (TPSA) is 20.3 Å². The van der Waals surface area contributed by atoms with Gasteiger partial charge in [0.15, 0.2) is 0 Å². The number of benzene rings is 1. The van der Waals surface area contributed by atoms with E-state index in [1.54, 1.807) is 17.0 Å². The molecule has 16 heavy (non-hydrogen) atoms. The maximum atomic E-state index is 13.1. The molecule has 0 saturated carbocycles. The van der Waals surface area contributed by atoms with E-state index < -0.39 is 0 Å². The van der Waals surface area contributed by atoms with Crippen molar-refractivity contribution in [2.24, 2.45) is 0 Å². The number of nitrogens with zero attached hydrogens (tertiary/aromatic N) is 1. The molecule has 1 aromatic rings. The summed E-state index contributed by atoms with van der Waals surface area (Å²) in [5.41, 5.74) is 0.731. The van der Waals surface area contributed by atoms with Gasteiger partial charge in [0.1, 0.15) is 5.82 Å². The summed E-state index contributed by atoms with van der Waals surface area (Å²) in [4.78, 5) is 13.1. The van der Waals surface area contributed by atoms with Crippen LogP contribution < -0.4 is 4.90 Å². The molecule has 88 valence electrons. The average Bonchev–Trinajstić information content (AvgIpc) is 2.23. The molecule has 0 heterocycles. The van der Waals surface area contributed by atoms with Crippen LogP contribution in [-0.2, 0) is 4.79 Å². The maximum Gasteiger partial charge on any atom is 0.223 e. The molecule has 4 heteroatoms. The van der Waals surface area contributed by atoms with E-state index in [4.69, 9.17) is 0 Å². The van der Waals surface area contributed by atoms with E-state index in [2.05, 4.69) is 22.9 Å². The molecule has 0 aliphatic heterocycles. The van der Waals surface area contributed by atoms with Crippen LogP contribution in [0.25, 0.3) is 0 Å². The first-order chi connectivity index (χ1) is 7.56. The molecule has 0 radical (unpaired) electrons. The first kappa shape index (κ1) is 13.2. The second-order valence-corrected chi connectivity index (χ2v) is 4.48. The zero-order chi connectivity index (χ0) is 12.1. The number of carbonyl (C=O) groups excluding carboxylic acids is 1. The lowest BCUT2D eigenvalue weighted by Gasteiger charge is -2.21. The summed E-state index contributed by atoms with van der Waals surface area (Å²) in [6.45, 7) is 4.26. The molecule has 2 nitrogen and oxygen atoms in total. The Morgan fingerprint density at radius 1 is 1.50 bits per heavy atom. The van der Waals surface area contributed by atoms with Gasteiger partial charge in [0, 0.05) is 19.2 Å². The number of hydrogen-bond donors (Lipinski definition) is 0. The second kappa shape index (κ2) is 5.99. The number of hydrogen-bond acceptors (Lipinski definition) is 1. The molecule has 1 rings (SSSR count). The zero-order valence-corrected chi connectivity index (χ0v) is 11.1. The van der Waals surface area contributed by atoms with Gasteiger partial charge >= 0.3 is 0 Å². The van der Waals surface area contributed by atoms with Gasteiger partial charge in [0.2, 0.25) is 5.91 Å². The molecule has 0 fully saturated rings. The van der Waals surface area contributed by atoms with E-state index >= 15 is 0 Å². The largest absolute Gasteiger partial charge is 0.313 e. The van der Waals surface area contributed by atoms with Crippen LogP contribution in [0.1, 0.15) is 26.7 Å². The number of halogens is 2. The fourth-order valence-electron chi connectivity index (χ4n) is 1.44. The molecule has 0 aromatic heterocycles. The quantitative estimate of drug-likeness (QED) is 0.826. The van der Waals surface area contributed by atoms with Gasteiger partial charge in [-0.1, -0.05) is 13.3 Å². The Morgan fingerprint density at radius 2 is 2.19 bits per heavy atom. The number of carbonyl (C=O) groups is 1. The lowest BCUT2D eigenvalue weighted by molar-refractivity contribution is -0.116. The molecule has 0 atom stereocenters. The lowest BCUT2D eigenvalue weighted by atomic mass is 10.2. The van der Waals surface area contributed by atoms with E-state index in [0.717, 1.165) is 18.5 Å². The highest BCUT2D eigenvalue weighted by Gasteiger charge is 2.12. The molecular weight excluding hydrogens is 273 g/mol. The van der Waals surface area contributed by atoms with E-state index in [1.165, 1.54) is 13.0 Å². The van der Waals surface area contributed by atoms with Crippen molar-refractivity contribution < 1.29 is 9.18 Å². The van der Waals surface area contributed by atoms with Gasteiger partial charge in [-0.15, -0.1) is 0 Å². The van der Waals surface area contributed by atoms with Gasteiger partial charge in [-0.2, -0.15) is 0 Å². The van der Waals surface area contributed by atoms with Gasteiger partial charge in [0.25, 0.3) is 0 Å².